The van der Waals surface area contributed by atoms with Gasteiger partial charge >= 0.3 is 0 Å². The third-order valence-corrected chi connectivity index (χ3v) is 0. The summed E-state index contributed by atoms with van der Waals surface area (Å²) in [5.41, 5.74) is 0. The maximum absolute atomic E-state index is 5.08. The number of hydrogen-bond acceptors (Lipinski definition) is 0. The summed E-state index contributed by atoms with van der Waals surface area (Å²) in [7, 11) is 0. The molecule has 0 spiro atoms. The fourth-order valence-electron chi connectivity index (χ4n) is 0. The van der Waals surface area contributed by atoms with Crippen LogP contribution in [-0.4, -0.2) is 3.25 Å². The largest absolute Gasteiger partial charge is 0.266 e. The number of halogens is 5. The summed E-state index contributed by atoms with van der Waals surface area (Å²) >= 11 is 24.4. The Morgan fingerprint density at radius 3 is 1.22 bits per heavy atom. The van der Waals surface area contributed by atoms with Crippen LogP contribution in [0.1, 0.15) is 6.92 Å². The number of alkyl halides is 4. The van der Waals surface area contributed by atoms with Crippen molar-refractivity contribution in [3.63, 3.8) is 0 Å². The lowest BCUT2D eigenvalue weighted by Gasteiger charge is -1.91. The third-order valence-electron chi connectivity index (χ3n) is 0. The Hall–Kier alpha value is 1.19. The summed E-state index contributed by atoms with van der Waals surface area (Å²) in [4.78, 5) is 0. The highest BCUT2D eigenvalue weighted by atomic mass is 35.6. The first-order valence-electron chi connectivity index (χ1n) is 1.80. The first-order valence-corrected chi connectivity index (χ1v) is 3.69. The van der Waals surface area contributed by atoms with E-state index in [9.17, 15) is 0 Å². The minimum absolute atomic E-state index is 0.639. The molecular weight excluding hydrogens is 225 g/mol. The van der Waals surface area contributed by atoms with Gasteiger partial charge < -0.3 is 0 Å². The molecule has 0 saturated carbocycles. The molecule has 0 radical (unpaired) electrons. The molecular formula is C4H5Cl5. The van der Waals surface area contributed by atoms with Crippen molar-refractivity contribution in [2.75, 3.05) is 0 Å². The highest BCUT2D eigenvalue weighted by Crippen LogP contribution is 2.29. The van der Waals surface area contributed by atoms with Gasteiger partial charge in [0.15, 0.2) is 0 Å². The molecule has 0 fully saturated rings. The van der Waals surface area contributed by atoms with Gasteiger partial charge in [-0.2, -0.15) is 0 Å². The van der Waals surface area contributed by atoms with Crippen LogP contribution in [0.25, 0.3) is 0 Å². The number of rotatable bonds is 0. The van der Waals surface area contributed by atoms with E-state index in [0.29, 0.717) is 5.03 Å². The summed E-state index contributed by atoms with van der Waals surface area (Å²) < 4.78 is -1.61. The fourth-order valence-corrected chi connectivity index (χ4v) is 0. The Morgan fingerprint density at radius 1 is 1.22 bits per heavy atom. The Balaban J connectivity index is 0. The SMILES string of the molecule is C=C(C)Cl.ClC(Cl)(Cl)Cl. The molecule has 0 nitrogen and oxygen atoms in total. The van der Waals surface area contributed by atoms with Gasteiger partial charge in [-0.05, 0) is 6.92 Å². The van der Waals surface area contributed by atoms with E-state index < -0.39 is 3.25 Å². The van der Waals surface area contributed by atoms with Crippen molar-refractivity contribution < 1.29 is 0 Å². The maximum atomic E-state index is 5.08. The van der Waals surface area contributed by atoms with Crippen LogP contribution in [0.2, 0.25) is 0 Å². The first-order chi connectivity index (χ1) is 3.73. The second-order valence-corrected chi connectivity index (χ2v) is 5.18. The van der Waals surface area contributed by atoms with Crippen LogP contribution in [0.4, 0.5) is 0 Å². The monoisotopic (exact) mass is 228 g/mol. The average molecular weight is 230 g/mol. The second kappa shape index (κ2) is 5.94. The molecule has 0 rings (SSSR count). The molecule has 0 bridgehead atoms. The summed E-state index contributed by atoms with van der Waals surface area (Å²) in [5, 5.41) is 0.639. The van der Waals surface area contributed by atoms with Crippen molar-refractivity contribution in [1.82, 2.24) is 0 Å². The van der Waals surface area contributed by atoms with Gasteiger partial charge in [0.2, 0.25) is 0 Å². The van der Waals surface area contributed by atoms with Gasteiger partial charge in [-0.3, -0.25) is 0 Å². The van der Waals surface area contributed by atoms with E-state index >= 15 is 0 Å². The molecule has 0 atom stereocenters. The van der Waals surface area contributed by atoms with Gasteiger partial charge in [-0.15, -0.1) is 0 Å². The molecule has 0 unspecified atom stereocenters. The van der Waals surface area contributed by atoms with E-state index in [1.54, 1.807) is 6.92 Å². The summed E-state index contributed by atoms with van der Waals surface area (Å²) in [6, 6.07) is 0. The van der Waals surface area contributed by atoms with Gasteiger partial charge in [0.05, 0.1) is 0 Å². The van der Waals surface area contributed by atoms with Crippen LogP contribution in [0.15, 0.2) is 11.6 Å². The minimum atomic E-state index is -1.61. The van der Waals surface area contributed by atoms with E-state index in [2.05, 4.69) is 6.58 Å². The molecule has 0 heterocycles. The zero-order chi connectivity index (χ0) is 8.08. The minimum Gasteiger partial charge on any atom is -0.0901 e. The van der Waals surface area contributed by atoms with Crippen LogP contribution < -0.4 is 0 Å². The van der Waals surface area contributed by atoms with E-state index in [-0.39, 0.29) is 0 Å². The topological polar surface area (TPSA) is 0 Å². The van der Waals surface area contributed by atoms with Crippen LogP contribution in [0.5, 0.6) is 0 Å². The Bertz CT molecular complexity index is 71.4. The number of hydrogen-bond donors (Lipinski definition) is 0. The Labute approximate surface area is 79.7 Å². The normalized spacial score (nSPS) is 9.56. The van der Waals surface area contributed by atoms with Crippen LogP contribution in [0, 0.1) is 0 Å². The van der Waals surface area contributed by atoms with Crippen molar-refractivity contribution in [1.29, 1.82) is 0 Å². The van der Waals surface area contributed by atoms with Gasteiger partial charge in [0.25, 0.3) is 3.25 Å². The predicted octanol–water partition coefficient (Wildman–Crippen LogP) is 4.31. The van der Waals surface area contributed by atoms with Gasteiger partial charge in [0.1, 0.15) is 0 Å². The molecule has 0 aliphatic rings. The van der Waals surface area contributed by atoms with E-state index in [1.807, 2.05) is 0 Å². The maximum Gasteiger partial charge on any atom is 0.266 e. The molecule has 0 amide bonds. The van der Waals surface area contributed by atoms with Crippen LogP contribution in [-0.2, 0) is 0 Å². The quantitative estimate of drug-likeness (QED) is 0.544. The van der Waals surface area contributed by atoms with Crippen molar-refractivity contribution in [3.05, 3.63) is 11.6 Å². The molecule has 0 aromatic heterocycles. The average Bonchev–Trinajstić information content (AvgIpc) is 1.19. The van der Waals surface area contributed by atoms with E-state index in [1.165, 1.54) is 0 Å². The highest BCUT2D eigenvalue weighted by Gasteiger charge is 2.11. The fraction of sp³-hybridized carbons (Fsp3) is 0.500. The molecule has 0 aliphatic heterocycles. The Kier molecular flexibility index (Phi) is 8.46. The smallest absolute Gasteiger partial charge is 0.0901 e. The lowest BCUT2D eigenvalue weighted by Crippen LogP contribution is -1.81. The Morgan fingerprint density at radius 2 is 1.22 bits per heavy atom. The molecule has 0 N–H and O–H groups in total. The van der Waals surface area contributed by atoms with Crippen molar-refractivity contribution in [2.45, 2.75) is 10.2 Å². The molecule has 9 heavy (non-hydrogen) atoms. The lowest BCUT2D eigenvalue weighted by atomic mass is 10.8. The van der Waals surface area contributed by atoms with Crippen molar-refractivity contribution in [2.24, 2.45) is 0 Å². The van der Waals surface area contributed by atoms with Crippen molar-refractivity contribution in [3.8, 4) is 0 Å². The van der Waals surface area contributed by atoms with Crippen molar-refractivity contribution >= 4 is 58.0 Å². The predicted molar refractivity (Wildman–Crippen MR) is 46.8 cm³/mol. The zero-order valence-corrected chi connectivity index (χ0v) is 8.38. The molecule has 0 aromatic carbocycles. The van der Waals surface area contributed by atoms with Crippen LogP contribution in [0.3, 0.4) is 0 Å². The third kappa shape index (κ3) is 335. The second-order valence-electron chi connectivity index (χ2n) is 1.10. The molecule has 5 heteroatoms. The van der Waals surface area contributed by atoms with Gasteiger partial charge in [0, 0.05) is 5.03 Å². The molecule has 0 aromatic rings. The van der Waals surface area contributed by atoms with Gasteiger partial charge in [-0.1, -0.05) is 64.6 Å². The molecule has 56 valence electrons. The number of allylic oxidation sites excluding steroid dienone is 1. The van der Waals surface area contributed by atoms with E-state index in [0.717, 1.165) is 0 Å². The lowest BCUT2D eigenvalue weighted by molar-refractivity contribution is 1.72. The molecule has 0 saturated heterocycles. The summed E-state index contributed by atoms with van der Waals surface area (Å²) in [6.07, 6.45) is 0. The first kappa shape index (κ1) is 12.8. The summed E-state index contributed by atoms with van der Waals surface area (Å²) in [5.74, 6) is 0. The summed E-state index contributed by atoms with van der Waals surface area (Å²) in [6.45, 7) is 5.06. The zero-order valence-electron chi connectivity index (χ0n) is 4.60. The highest BCUT2D eigenvalue weighted by molar-refractivity contribution is 6.83. The van der Waals surface area contributed by atoms with E-state index in [4.69, 9.17) is 58.0 Å². The standard InChI is InChI=1S/C3H5Cl.CCl4/c1-3(2)4;2-1(3,4)5/h1H2,2H3;. The van der Waals surface area contributed by atoms with Crippen LogP contribution >= 0.6 is 58.0 Å². The van der Waals surface area contributed by atoms with Gasteiger partial charge in [-0.25, -0.2) is 0 Å². The molecule has 0 aliphatic carbocycles.